The monoisotopic (exact) mass is 277 g/mol. The van der Waals surface area contributed by atoms with Crippen molar-refractivity contribution in [2.45, 2.75) is 57.7 Å². The molecule has 1 aromatic carbocycles. The van der Waals surface area contributed by atoms with Crippen LogP contribution in [0.3, 0.4) is 0 Å². The maximum atomic E-state index is 3.58. The number of hydrogen-bond donors (Lipinski definition) is 1. The predicted molar refractivity (Wildman–Crippen MR) is 87.3 cm³/mol. The van der Waals surface area contributed by atoms with Crippen LogP contribution in [0.15, 0.2) is 12.1 Å². The third-order valence-electron chi connectivity index (χ3n) is 4.58. The van der Waals surface area contributed by atoms with E-state index >= 15 is 0 Å². The highest BCUT2D eigenvalue weighted by Gasteiger charge is 2.37. The molecule has 2 heteroatoms. The fourth-order valence-electron chi connectivity index (χ4n) is 3.43. The van der Waals surface area contributed by atoms with Crippen molar-refractivity contribution in [3.63, 3.8) is 0 Å². The first kappa shape index (κ1) is 14.9. The molecule has 0 amide bonds. The highest BCUT2D eigenvalue weighted by molar-refractivity contribution is 8.00. The number of hydrogen-bond acceptors (Lipinski definition) is 2. The molecule has 1 saturated heterocycles. The molecule has 2 atom stereocenters. The van der Waals surface area contributed by atoms with Crippen molar-refractivity contribution >= 4 is 11.8 Å². The molecule has 1 heterocycles. The van der Waals surface area contributed by atoms with Crippen LogP contribution in [0.4, 0.5) is 0 Å². The van der Waals surface area contributed by atoms with Gasteiger partial charge in [-0.2, -0.15) is 11.8 Å². The summed E-state index contributed by atoms with van der Waals surface area (Å²) in [6.07, 6.45) is 3.86. The number of aryl methyl sites for hydroxylation is 3. The number of benzene rings is 1. The Morgan fingerprint density at radius 2 is 1.89 bits per heavy atom. The Hall–Kier alpha value is -0.470. The second kappa shape index (κ2) is 5.88. The highest BCUT2D eigenvalue weighted by Crippen LogP contribution is 2.41. The van der Waals surface area contributed by atoms with Crippen molar-refractivity contribution < 1.29 is 0 Å². The zero-order valence-corrected chi connectivity index (χ0v) is 13.8. The van der Waals surface area contributed by atoms with Gasteiger partial charge in [0.05, 0.1) is 0 Å². The lowest BCUT2D eigenvalue weighted by atomic mass is 9.87. The molecule has 0 spiro atoms. The summed E-state index contributed by atoms with van der Waals surface area (Å²) >= 11 is 2.15. The van der Waals surface area contributed by atoms with E-state index in [1.54, 1.807) is 5.56 Å². The van der Waals surface area contributed by atoms with Crippen molar-refractivity contribution in [3.05, 3.63) is 34.4 Å². The smallest absolute Gasteiger partial charge is 0.0288 e. The second-order valence-corrected chi connectivity index (χ2v) is 7.82. The van der Waals surface area contributed by atoms with Gasteiger partial charge in [-0.3, -0.25) is 0 Å². The van der Waals surface area contributed by atoms with E-state index in [9.17, 15) is 0 Å². The minimum atomic E-state index is 0.401. The third kappa shape index (κ3) is 3.17. The van der Waals surface area contributed by atoms with Crippen molar-refractivity contribution in [3.8, 4) is 0 Å². The molecule has 0 aromatic heterocycles. The van der Waals surface area contributed by atoms with Crippen LogP contribution in [-0.2, 0) is 6.42 Å². The minimum absolute atomic E-state index is 0.401. The molecule has 1 aromatic rings. The summed E-state index contributed by atoms with van der Waals surface area (Å²) in [6.45, 7) is 9.14. The van der Waals surface area contributed by atoms with Crippen LogP contribution >= 0.6 is 11.8 Å². The molecule has 1 aliphatic rings. The number of likely N-dealkylation sites (N-methyl/N-ethyl adjacent to an activating group) is 1. The minimum Gasteiger partial charge on any atom is -0.315 e. The molecule has 1 aliphatic heterocycles. The molecule has 19 heavy (non-hydrogen) atoms. The molecule has 2 rings (SSSR count). The topological polar surface area (TPSA) is 12.0 Å². The van der Waals surface area contributed by atoms with Crippen molar-refractivity contribution in [1.82, 2.24) is 5.32 Å². The van der Waals surface area contributed by atoms with Crippen LogP contribution < -0.4 is 5.32 Å². The normalized spacial score (nSPS) is 24.7. The maximum absolute atomic E-state index is 3.58. The number of nitrogens with one attached hydrogen (secondary N) is 1. The Bertz CT molecular complexity index is 424. The summed E-state index contributed by atoms with van der Waals surface area (Å²) in [5.41, 5.74) is 5.81. The lowest BCUT2D eigenvalue weighted by Crippen LogP contribution is -2.45. The van der Waals surface area contributed by atoms with Gasteiger partial charge >= 0.3 is 0 Å². The largest absolute Gasteiger partial charge is 0.315 e. The molecular weight excluding hydrogens is 250 g/mol. The van der Waals surface area contributed by atoms with Gasteiger partial charge in [0.1, 0.15) is 0 Å². The summed E-state index contributed by atoms with van der Waals surface area (Å²) < 4.78 is 0.401. The summed E-state index contributed by atoms with van der Waals surface area (Å²) in [7, 11) is 2.12. The Labute approximate surface area is 122 Å². The Kier molecular flexibility index (Phi) is 4.62. The zero-order valence-electron chi connectivity index (χ0n) is 13.0. The Balaban J connectivity index is 2.23. The van der Waals surface area contributed by atoms with Crippen LogP contribution in [0, 0.1) is 20.8 Å². The summed E-state index contributed by atoms with van der Waals surface area (Å²) in [4.78, 5) is 0. The van der Waals surface area contributed by atoms with Crippen LogP contribution in [0.25, 0.3) is 0 Å². The summed E-state index contributed by atoms with van der Waals surface area (Å²) in [6, 6.07) is 5.21. The van der Waals surface area contributed by atoms with E-state index < -0.39 is 0 Å². The number of rotatable bonds is 4. The van der Waals surface area contributed by atoms with Gasteiger partial charge in [-0.1, -0.05) is 17.7 Å². The van der Waals surface area contributed by atoms with E-state index in [1.165, 1.54) is 35.3 Å². The fraction of sp³-hybridized carbons (Fsp3) is 0.647. The average Bonchev–Trinajstić information content (AvgIpc) is 2.76. The summed E-state index contributed by atoms with van der Waals surface area (Å²) in [5, 5.41) is 3.58. The molecular formula is C17H27NS. The molecule has 0 bridgehead atoms. The molecule has 1 fully saturated rings. The average molecular weight is 277 g/mol. The standard InChI is InChI=1S/C17H27NS/c1-12-9-13(2)15(14(3)10-12)11-16(18-5)17(4)7-6-8-19-17/h9-10,16,18H,6-8,11H2,1-5H3. The molecule has 1 N–H and O–H groups in total. The van der Waals surface area contributed by atoms with Crippen LogP contribution in [0.5, 0.6) is 0 Å². The van der Waals surface area contributed by atoms with Gasteiger partial charge in [0.2, 0.25) is 0 Å². The van der Waals surface area contributed by atoms with Crippen molar-refractivity contribution in [1.29, 1.82) is 0 Å². The predicted octanol–water partition coefficient (Wildman–Crippen LogP) is 4.03. The van der Waals surface area contributed by atoms with Gasteiger partial charge in [-0.25, -0.2) is 0 Å². The molecule has 2 unspecified atom stereocenters. The quantitative estimate of drug-likeness (QED) is 0.892. The van der Waals surface area contributed by atoms with Gasteiger partial charge in [-0.15, -0.1) is 0 Å². The molecule has 0 aliphatic carbocycles. The van der Waals surface area contributed by atoms with E-state index in [0.29, 0.717) is 10.8 Å². The summed E-state index contributed by atoms with van der Waals surface area (Å²) in [5.74, 6) is 1.32. The zero-order chi connectivity index (χ0) is 14.0. The van der Waals surface area contributed by atoms with Gasteiger partial charge in [-0.05, 0) is 76.4 Å². The van der Waals surface area contributed by atoms with Gasteiger partial charge in [0.15, 0.2) is 0 Å². The van der Waals surface area contributed by atoms with Crippen LogP contribution in [0.2, 0.25) is 0 Å². The van der Waals surface area contributed by atoms with E-state index in [2.05, 4.69) is 64.0 Å². The van der Waals surface area contributed by atoms with Crippen molar-refractivity contribution in [2.24, 2.45) is 0 Å². The van der Waals surface area contributed by atoms with Gasteiger partial charge in [0, 0.05) is 10.8 Å². The van der Waals surface area contributed by atoms with Gasteiger partial charge < -0.3 is 5.32 Å². The highest BCUT2D eigenvalue weighted by atomic mass is 32.2. The van der Waals surface area contributed by atoms with E-state index in [1.807, 2.05) is 0 Å². The third-order valence-corrected chi connectivity index (χ3v) is 6.22. The van der Waals surface area contributed by atoms with Crippen LogP contribution in [-0.4, -0.2) is 23.6 Å². The second-order valence-electron chi connectivity index (χ2n) is 6.19. The first-order valence-electron chi connectivity index (χ1n) is 7.34. The van der Waals surface area contributed by atoms with E-state index in [-0.39, 0.29) is 0 Å². The van der Waals surface area contributed by atoms with E-state index in [0.717, 1.165) is 6.42 Å². The fourth-order valence-corrected chi connectivity index (χ4v) is 4.88. The first-order chi connectivity index (χ1) is 8.96. The molecule has 106 valence electrons. The van der Waals surface area contributed by atoms with E-state index in [4.69, 9.17) is 0 Å². The lowest BCUT2D eigenvalue weighted by molar-refractivity contribution is 0.423. The molecule has 0 radical (unpaired) electrons. The Morgan fingerprint density at radius 1 is 1.26 bits per heavy atom. The Morgan fingerprint density at radius 3 is 2.37 bits per heavy atom. The maximum Gasteiger partial charge on any atom is 0.0288 e. The van der Waals surface area contributed by atoms with Crippen LogP contribution in [0.1, 0.15) is 42.0 Å². The SMILES string of the molecule is CNC(Cc1c(C)cc(C)cc1C)C1(C)CCCS1. The molecule has 1 nitrogen and oxygen atoms in total. The van der Waals surface area contributed by atoms with Gasteiger partial charge in [0.25, 0.3) is 0 Å². The van der Waals surface area contributed by atoms with Crippen molar-refractivity contribution in [2.75, 3.05) is 12.8 Å². The lowest BCUT2D eigenvalue weighted by Gasteiger charge is -2.34. The number of thioether (sulfide) groups is 1. The first-order valence-corrected chi connectivity index (χ1v) is 8.33. The molecule has 0 saturated carbocycles.